The molecule has 0 spiro atoms. The van der Waals surface area contributed by atoms with Crippen molar-refractivity contribution in [1.29, 1.82) is 0 Å². The van der Waals surface area contributed by atoms with Crippen molar-refractivity contribution < 1.29 is 14.3 Å². The molecule has 0 radical (unpaired) electrons. The standard InChI is InChI=1S/C12H19N3O3/c1-8(11(17)18-12(2,3)4)14-10(16)9-6-13-7-15(9)5/h6-8H,1-5H3,(H,14,16)/t8-/m1/s1. The number of esters is 1. The van der Waals surface area contributed by atoms with Gasteiger partial charge in [0.15, 0.2) is 0 Å². The molecule has 0 bridgehead atoms. The second kappa shape index (κ2) is 5.20. The molecule has 0 saturated carbocycles. The van der Waals surface area contributed by atoms with Gasteiger partial charge in [-0.25, -0.2) is 9.78 Å². The van der Waals surface area contributed by atoms with Gasteiger partial charge in [-0.2, -0.15) is 0 Å². The molecular formula is C12H19N3O3. The Labute approximate surface area is 106 Å². The molecule has 1 N–H and O–H groups in total. The van der Waals surface area contributed by atoms with Crippen LogP contribution < -0.4 is 5.32 Å². The highest BCUT2D eigenvalue weighted by atomic mass is 16.6. The van der Waals surface area contributed by atoms with Crippen molar-refractivity contribution in [3.8, 4) is 0 Å². The summed E-state index contributed by atoms with van der Waals surface area (Å²) in [5, 5.41) is 2.57. The van der Waals surface area contributed by atoms with Crippen LogP contribution in [-0.4, -0.2) is 33.1 Å². The molecule has 1 amide bonds. The Morgan fingerprint density at radius 1 is 1.44 bits per heavy atom. The van der Waals surface area contributed by atoms with E-state index in [2.05, 4.69) is 10.3 Å². The third-order valence-electron chi connectivity index (χ3n) is 2.16. The molecule has 1 atom stereocenters. The first kappa shape index (κ1) is 14.2. The van der Waals surface area contributed by atoms with E-state index in [-0.39, 0.29) is 5.91 Å². The van der Waals surface area contributed by atoms with Crippen molar-refractivity contribution in [2.45, 2.75) is 39.3 Å². The van der Waals surface area contributed by atoms with Crippen LogP contribution in [0.1, 0.15) is 38.2 Å². The quantitative estimate of drug-likeness (QED) is 0.812. The topological polar surface area (TPSA) is 73.2 Å². The summed E-state index contributed by atoms with van der Waals surface area (Å²) in [4.78, 5) is 27.4. The zero-order chi connectivity index (χ0) is 13.9. The zero-order valence-electron chi connectivity index (χ0n) is 11.4. The lowest BCUT2D eigenvalue weighted by atomic mass is 10.2. The van der Waals surface area contributed by atoms with Crippen molar-refractivity contribution in [1.82, 2.24) is 14.9 Å². The van der Waals surface area contributed by atoms with Gasteiger partial charge < -0.3 is 14.6 Å². The van der Waals surface area contributed by atoms with E-state index in [4.69, 9.17) is 4.74 Å². The molecule has 0 saturated heterocycles. The molecule has 6 heteroatoms. The van der Waals surface area contributed by atoms with E-state index in [1.807, 2.05) is 0 Å². The van der Waals surface area contributed by atoms with Crippen LogP contribution >= 0.6 is 0 Å². The monoisotopic (exact) mass is 253 g/mol. The molecule has 1 aromatic rings. The average molecular weight is 253 g/mol. The molecule has 0 aliphatic rings. The fourth-order valence-corrected chi connectivity index (χ4v) is 1.30. The third kappa shape index (κ3) is 3.87. The van der Waals surface area contributed by atoms with E-state index >= 15 is 0 Å². The van der Waals surface area contributed by atoms with Gasteiger partial charge in [-0.3, -0.25) is 4.79 Å². The minimum atomic E-state index is -0.702. The summed E-state index contributed by atoms with van der Waals surface area (Å²) >= 11 is 0. The first-order chi connectivity index (χ1) is 8.20. The van der Waals surface area contributed by atoms with Gasteiger partial charge in [-0.1, -0.05) is 0 Å². The maximum atomic E-state index is 11.8. The Hall–Kier alpha value is -1.85. The maximum Gasteiger partial charge on any atom is 0.328 e. The molecule has 0 aliphatic heterocycles. The van der Waals surface area contributed by atoms with Crippen molar-refractivity contribution in [3.63, 3.8) is 0 Å². The molecule has 0 aliphatic carbocycles. The Morgan fingerprint density at radius 2 is 2.06 bits per heavy atom. The summed E-state index contributed by atoms with van der Waals surface area (Å²) in [5.41, 5.74) is -0.173. The van der Waals surface area contributed by atoms with Crippen molar-refractivity contribution >= 4 is 11.9 Å². The van der Waals surface area contributed by atoms with Crippen LogP contribution in [0.15, 0.2) is 12.5 Å². The van der Waals surface area contributed by atoms with Gasteiger partial charge in [0.25, 0.3) is 5.91 Å². The van der Waals surface area contributed by atoms with E-state index in [1.54, 1.807) is 39.3 Å². The van der Waals surface area contributed by atoms with Crippen LogP contribution in [0.2, 0.25) is 0 Å². The number of carbonyl (C=O) groups is 2. The summed E-state index contributed by atoms with van der Waals surface area (Å²) in [7, 11) is 1.71. The molecule has 1 heterocycles. The van der Waals surface area contributed by atoms with E-state index in [1.165, 1.54) is 12.5 Å². The zero-order valence-corrected chi connectivity index (χ0v) is 11.4. The fraction of sp³-hybridized carbons (Fsp3) is 0.583. The number of aryl methyl sites for hydroxylation is 1. The second-order valence-corrected chi connectivity index (χ2v) is 5.12. The number of ether oxygens (including phenoxy) is 1. The number of nitrogens with one attached hydrogen (secondary N) is 1. The van der Waals surface area contributed by atoms with Crippen LogP contribution in [0, 0.1) is 0 Å². The van der Waals surface area contributed by atoms with Gasteiger partial charge in [0.2, 0.25) is 0 Å². The van der Waals surface area contributed by atoms with E-state index in [0.717, 1.165) is 0 Å². The molecule has 0 unspecified atom stereocenters. The lowest BCUT2D eigenvalue weighted by Gasteiger charge is -2.22. The first-order valence-electron chi connectivity index (χ1n) is 5.71. The average Bonchev–Trinajstić information content (AvgIpc) is 2.61. The van der Waals surface area contributed by atoms with Gasteiger partial charge >= 0.3 is 5.97 Å². The predicted molar refractivity (Wildman–Crippen MR) is 66.0 cm³/mol. The fourth-order valence-electron chi connectivity index (χ4n) is 1.30. The minimum Gasteiger partial charge on any atom is -0.458 e. The minimum absolute atomic E-state index is 0.353. The van der Waals surface area contributed by atoms with Crippen LogP contribution in [0.3, 0.4) is 0 Å². The number of amides is 1. The Bertz CT molecular complexity index is 446. The number of rotatable bonds is 3. The molecule has 1 rings (SSSR count). The van der Waals surface area contributed by atoms with E-state index < -0.39 is 17.6 Å². The highest BCUT2D eigenvalue weighted by Gasteiger charge is 2.23. The number of imidazole rings is 1. The molecule has 6 nitrogen and oxygen atoms in total. The largest absolute Gasteiger partial charge is 0.458 e. The van der Waals surface area contributed by atoms with Crippen molar-refractivity contribution in [2.24, 2.45) is 7.05 Å². The molecule has 18 heavy (non-hydrogen) atoms. The molecule has 0 fully saturated rings. The lowest BCUT2D eigenvalue weighted by Crippen LogP contribution is -2.42. The molecule has 0 aromatic carbocycles. The highest BCUT2D eigenvalue weighted by molar-refractivity contribution is 5.95. The van der Waals surface area contributed by atoms with Crippen LogP contribution in [0.5, 0.6) is 0 Å². The van der Waals surface area contributed by atoms with Gasteiger partial charge in [0.05, 0.1) is 12.5 Å². The number of carbonyl (C=O) groups excluding carboxylic acids is 2. The summed E-state index contributed by atoms with van der Waals surface area (Å²) in [6.45, 7) is 6.92. The smallest absolute Gasteiger partial charge is 0.328 e. The van der Waals surface area contributed by atoms with Crippen molar-refractivity contribution in [3.05, 3.63) is 18.2 Å². The van der Waals surface area contributed by atoms with Gasteiger partial charge in [-0.15, -0.1) is 0 Å². The van der Waals surface area contributed by atoms with Crippen molar-refractivity contribution in [2.75, 3.05) is 0 Å². The van der Waals surface area contributed by atoms with Gasteiger partial charge in [-0.05, 0) is 27.7 Å². The Balaban J connectivity index is 2.60. The highest BCUT2D eigenvalue weighted by Crippen LogP contribution is 2.08. The van der Waals surface area contributed by atoms with E-state index in [0.29, 0.717) is 5.69 Å². The second-order valence-electron chi connectivity index (χ2n) is 5.12. The van der Waals surface area contributed by atoms with Crippen LogP contribution in [-0.2, 0) is 16.6 Å². The molecule has 100 valence electrons. The Kier molecular flexibility index (Phi) is 4.11. The lowest BCUT2D eigenvalue weighted by molar-refractivity contribution is -0.156. The number of aromatic nitrogens is 2. The third-order valence-corrected chi connectivity index (χ3v) is 2.16. The number of hydrogen-bond acceptors (Lipinski definition) is 4. The molecular weight excluding hydrogens is 234 g/mol. The SMILES string of the molecule is C[C@@H](NC(=O)c1cncn1C)C(=O)OC(C)(C)C. The van der Waals surface area contributed by atoms with Crippen LogP contribution in [0.25, 0.3) is 0 Å². The summed E-state index contributed by atoms with van der Waals surface area (Å²) < 4.78 is 6.75. The number of nitrogens with zero attached hydrogens (tertiary/aromatic N) is 2. The van der Waals surface area contributed by atoms with E-state index in [9.17, 15) is 9.59 Å². The Morgan fingerprint density at radius 3 is 2.50 bits per heavy atom. The first-order valence-corrected chi connectivity index (χ1v) is 5.71. The summed E-state index contributed by atoms with van der Waals surface area (Å²) in [6.07, 6.45) is 2.96. The van der Waals surface area contributed by atoms with Gasteiger partial charge in [0, 0.05) is 7.05 Å². The summed E-state index contributed by atoms with van der Waals surface area (Å²) in [6, 6.07) is -0.702. The van der Waals surface area contributed by atoms with Gasteiger partial charge in [0.1, 0.15) is 17.3 Å². The maximum absolute atomic E-state index is 11.8. The number of hydrogen-bond donors (Lipinski definition) is 1. The van der Waals surface area contributed by atoms with Crippen LogP contribution in [0.4, 0.5) is 0 Å². The normalized spacial score (nSPS) is 12.9. The molecule has 1 aromatic heterocycles. The predicted octanol–water partition coefficient (Wildman–Crippen LogP) is 0.880. The summed E-state index contributed by atoms with van der Waals surface area (Å²) in [5.74, 6) is -0.814.